The number of hydrogen-bond acceptors (Lipinski definition) is 4. The molecule has 1 heterocycles. The Morgan fingerprint density at radius 1 is 1.07 bits per heavy atom. The molecule has 0 saturated carbocycles. The number of hydrogen-bond donors (Lipinski definition) is 0. The van der Waals surface area contributed by atoms with Gasteiger partial charge in [0.2, 0.25) is 5.75 Å². The number of halogens is 4. The number of methoxy groups -OCH3 is 1. The van der Waals surface area contributed by atoms with Crippen LogP contribution in [-0.4, -0.2) is 16.7 Å². The lowest BCUT2D eigenvalue weighted by Crippen LogP contribution is -2.17. The van der Waals surface area contributed by atoms with Crippen molar-refractivity contribution in [3.63, 3.8) is 0 Å². The summed E-state index contributed by atoms with van der Waals surface area (Å²) >= 11 is 5.87. The van der Waals surface area contributed by atoms with Crippen molar-refractivity contribution >= 4 is 11.6 Å². The molecule has 0 unspecified atom stereocenters. The smallest absolute Gasteiger partial charge is 0.417 e. The van der Waals surface area contributed by atoms with E-state index in [1.807, 2.05) is 30.3 Å². The molecule has 0 radical (unpaired) electrons. The molecule has 0 spiro atoms. The largest absolute Gasteiger partial charge is 0.490 e. The second kappa shape index (κ2) is 7.93. The van der Waals surface area contributed by atoms with E-state index in [9.17, 15) is 18.0 Å². The number of alkyl halides is 3. The van der Waals surface area contributed by atoms with Crippen LogP contribution in [0, 0.1) is 0 Å². The van der Waals surface area contributed by atoms with Crippen molar-refractivity contribution < 1.29 is 22.6 Å². The Morgan fingerprint density at radius 3 is 2.43 bits per heavy atom. The predicted octanol–water partition coefficient (Wildman–Crippen LogP) is 4.76. The van der Waals surface area contributed by atoms with Crippen LogP contribution in [0.4, 0.5) is 13.2 Å². The number of aromatic nitrogens is 2. The molecular formula is C19H14ClF3N2O3. The van der Waals surface area contributed by atoms with Gasteiger partial charge in [0.25, 0.3) is 0 Å². The Balaban J connectivity index is 2.04. The maximum Gasteiger partial charge on any atom is 0.417 e. The van der Waals surface area contributed by atoms with E-state index in [0.29, 0.717) is 0 Å². The maximum atomic E-state index is 13.1. The Morgan fingerprint density at radius 2 is 1.79 bits per heavy atom. The zero-order valence-electron chi connectivity index (χ0n) is 14.5. The van der Waals surface area contributed by atoms with Gasteiger partial charge in [-0.2, -0.15) is 18.2 Å². The lowest BCUT2D eigenvalue weighted by atomic mass is 10.2. The van der Waals surface area contributed by atoms with Crippen molar-refractivity contribution in [2.24, 2.45) is 0 Å². The Hall–Kier alpha value is -3.00. The molecule has 146 valence electrons. The van der Waals surface area contributed by atoms with E-state index >= 15 is 0 Å². The first-order valence-electron chi connectivity index (χ1n) is 8.02. The van der Waals surface area contributed by atoms with Crippen LogP contribution in [0.2, 0.25) is 5.02 Å². The molecule has 2 aromatic carbocycles. The minimum atomic E-state index is -4.65. The van der Waals surface area contributed by atoms with E-state index < -0.39 is 22.3 Å². The Bertz CT molecular complexity index is 1040. The number of rotatable bonds is 5. The van der Waals surface area contributed by atoms with Crippen molar-refractivity contribution in [1.82, 2.24) is 9.55 Å². The third kappa shape index (κ3) is 4.28. The molecule has 0 N–H and O–H groups in total. The van der Waals surface area contributed by atoms with Gasteiger partial charge in [0.15, 0.2) is 0 Å². The second-order valence-electron chi connectivity index (χ2n) is 5.73. The zero-order valence-corrected chi connectivity index (χ0v) is 15.3. The normalized spacial score (nSPS) is 11.3. The van der Waals surface area contributed by atoms with Crippen molar-refractivity contribution in [1.29, 1.82) is 0 Å². The standard InChI is InChI=1S/C19H14ClF3N2O3/c1-27-15-11-25(10-12-6-3-2-4-7-12)18(24-17(15)26)28-14-9-5-8-13(16(14)20)19(21,22)23/h2-9,11H,10H2,1H3. The molecule has 0 aliphatic heterocycles. The predicted molar refractivity (Wildman–Crippen MR) is 97.1 cm³/mol. The van der Waals surface area contributed by atoms with Crippen LogP contribution >= 0.6 is 11.6 Å². The molecular weight excluding hydrogens is 397 g/mol. The second-order valence-corrected chi connectivity index (χ2v) is 6.11. The highest BCUT2D eigenvalue weighted by atomic mass is 35.5. The van der Waals surface area contributed by atoms with E-state index in [0.717, 1.165) is 17.7 Å². The third-order valence-electron chi connectivity index (χ3n) is 3.81. The number of nitrogens with zero attached hydrogens (tertiary/aromatic N) is 2. The van der Waals surface area contributed by atoms with E-state index in [-0.39, 0.29) is 24.1 Å². The summed E-state index contributed by atoms with van der Waals surface area (Å²) in [5.41, 5.74) is -0.906. The van der Waals surface area contributed by atoms with Crippen molar-refractivity contribution in [2.75, 3.05) is 7.11 Å². The van der Waals surface area contributed by atoms with Crippen LogP contribution in [0.15, 0.2) is 59.5 Å². The van der Waals surface area contributed by atoms with E-state index in [2.05, 4.69) is 4.98 Å². The summed E-state index contributed by atoms with van der Waals surface area (Å²) in [5, 5.41) is -0.619. The van der Waals surface area contributed by atoms with Crippen LogP contribution in [0.25, 0.3) is 0 Å². The molecule has 28 heavy (non-hydrogen) atoms. The van der Waals surface area contributed by atoms with Gasteiger partial charge in [-0.05, 0) is 17.7 Å². The molecule has 0 fully saturated rings. The van der Waals surface area contributed by atoms with Crippen LogP contribution in [0.1, 0.15) is 11.1 Å². The molecule has 0 aliphatic carbocycles. The van der Waals surface area contributed by atoms with E-state index in [1.54, 1.807) is 0 Å². The van der Waals surface area contributed by atoms with Crippen molar-refractivity contribution in [3.8, 4) is 17.5 Å². The topological polar surface area (TPSA) is 53.4 Å². The van der Waals surface area contributed by atoms with Gasteiger partial charge in [-0.3, -0.25) is 9.36 Å². The molecule has 3 rings (SSSR count). The molecule has 0 atom stereocenters. The average molecular weight is 411 g/mol. The molecule has 0 saturated heterocycles. The molecule has 0 bridgehead atoms. The Labute approximate surface area is 162 Å². The van der Waals surface area contributed by atoms with Gasteiger partial charge in [-0.1, -0.05) is 48.0 Å². The quantitative estimate of drug-likeness (QED) is 0.608. The summed E-state index contributed by atoms with van der Waals surface area (Å²) in [6.07, 6.45) is -3.27. The first-order valence-corrected chi connectivity index (χ1v) is 8.40. The van der Waals surface area contributed by atoms with Crippen LogP contribution in [0.3, 0.4) is 0 Å². The van der Waals surface area contributed by atoms with Gasteiger partial charge in [-0.15, -0.1) is 0 Å². The van der Waals surface area contributed by atoms with Gasteiger partial charge in [-0.25, -0.2) is 0 Å². The summed E-state index contributed by atoms with van der Waals surface area (Å²) < 4.78 is 51.1. The first-order chi connectivity index (χ1) is 13.3. The van der Waals surface area contributed by atoms with Gasteiger partial charge >= 0.3 is 17.7 Å². The summed E-state index contributed by atoms with van der Waals surface area (Å²) in [7, 11) is 1.31. The summed E-state index contributed by atoms with van der Waals surface area (Å²) in [4.78, 5) is 15.8. The summed E-state index contributed by atoms with van der Waals surface area (Å²) in [6, 6.07) is 12.2. The highest BCUT2D eigenvalue weighted by Crippen LogP contribution is 2.40. The fraction of sp³-hybridized carbons (Fsp3) is 0.158. The molecule has 5 nitrogen and oxygen atoms in total. The number of benzene rings is 2. The summed E-state index contributed by atoms with van der Waals surface area (Å²) in [5.74, 6) is -0.297. The maximum absolute atomic E-state index is 13.1. The molecule has 9 heteroatoms. The molecule has 3 aromatic rings. The minimum Gasteiger partial charge on any atom is -0.490 e. The van der Waals surface area contributed by atoms with Crippen molar-refractivity contribution in [2.45, 2.75) is 12.7 Å². The van der Waals surface area contributed by atoms with Crippen molar-refractivity contribution in [3.05, 3.63) is 81.2 Å². The summed E-state index contributed by atoms with van der Waals surface area (Å²) in [6.45, 7) is 0.246. The fourth-order valence-corrected chi connectivity index (χ4v) is 2.75. The highest BCUT2D eigenvalue weighted by molar-refractivity contribution is 6.32. The number of ether oxygens (including phenoxy) is 2. The van der Waals surface area contributed by atoms with E-state index in [1.165, 1.54) is 23.9 Å². The van der Waals surface area contributed by atoms with Gasteiger partial charge < -0.3 is 9.47 Å². The molecule has 1 aromatic heterocycles. The van der Waals surface area contributed by atoms with Gasteiger partial charge in [0.1, 0.15) is 5.75 Å². The average Bonchev–Trinajstić information content (AvgIpc) is 2.65. The van der Waals surface area contributed by atoms with Gasteiger partial charge in [0, 0.05) is 0 Å². The first kappa shape index (κ1) is 19.8. The monoisotopic (exact) mass is 410 g/mol. The van der Waals surface area contributed by atoms with Gasteiger partial charge in [0.05, 0.1) is 30.4 Å². The molecule has 0 amide bonds. The molecule has 0 aliphatic rings. The van der Waals surface area contributed by atoms with Crippen LogP contribution in [0.5, 0.6) is 17.5 Å². The fourth-order valence-electron chi connectivity index (χ4n) is 2.48. The lowest BCUT2D eigenvalue weighted by Gasteiger charge is -2.16. The highest BCUT2D eigenvalue weighted by Gasteiger charge is 2.34. The SMILES string of the molecule is COc1cn(Cc2ccccc2)c(Oc2cccc(C(F)(F)F)c2Cl)nc1=O. The van der Waals surface area contributed by atoms with Crippen LogP contribution < -0.4 is 15.0 Å². The zero-order chi connectivity index (χ0) is 20.3. The van der Waals surface area contributed by atoms with Crippen LogP contribution in [-0.2, 0) is 12.7 Å². The lowest BCUT2D eigenvalue weighted by molar-refractivity contribution is -0.137. The minimum absolute atomic E-state index is 0.0292. The Kier molecular flexibility index (Phi) is 5.60. The van der Waals surface area contributed by atoms with E-state index in [4.69, 9.17) is 21.1 Å². The third-order valence-corrected chi connectivity index (χ3v) is 4.20.